The van der Waals surface area contributed by atoms with Gasteiger partial charge in [-0.05, 0) is 24.3 Å². The molecule has 1 aliphatic heterocycles. The number of aldehydes is 1. The van der Waals surface area contributed by atoms with Crippen molar-refractivity contribution < 1.29 is 14.3 Å². The Balaban J connectivity index is 2.44. The third kappa shape index (κ3) is 1.54. The van der Waals surface area contributed by atoms with Crippen LogP contribution in [0.4, 0.5) is 0 Å². The molecule has 0 N–H and O–H groups in total. The van der Waals surface area contributed by atoms with Gasteiger partial charge in [0.1, 0.15) is 6.29 Å². The fourth-order valence-corrected chi connectivity index (χ4v) is 2.58. The lowest BCUT2D eigenvalue weighted by Crippen LogP contribution is -2.40. The second kappa shape index (κ2) is 3.42. The molecule has 0 saturated carbocycles. The Hall–Kier alpha value is -0.670. The third-order valence-electron chi connectivity index (χ3n) is 3.66. The molecule has 2 rings (SSSR count). The Morgan fingerprint density at radius 2 is 1.80 bits per heavy atom. The minimum absolute atomic E-state index is 0.0492. The molecule has 0 bridgehead atoms. The first-order valence-corrected chi connectivity index (χ1v) is 5.47. The van der Waals surface area contributed by atoms with Gasteiger partial charge < -0.3 is 9.47 Å². The Morgan fingerprint density at radius 1 is 1.20 bits per heavy atom. The van der Waals surface area contributed by atoms with Crippen LogP contribution in [0.5, 0.6) is 0 Å². The standard InChI is InChI=1S/C12H18O3/c1-9-10(8-13)11(2,3)4-5-12(9)14-6-7-15-12/h8H,4-7H2,1-3H3/i12+1. The van der Waals surface area contributed by atoms with Crippen molar-refractivity contribution in [3.8, 4) is 0 Å². The Labute approximate surface area is 90.4 Å². The van der Waals surface area contributed by atoms with E-state index < -0.39 is 5.79 Å². The van der Waals surface area contributed by atoms with Crippen molar-refractivity contribution in [2.75, 3.05) is 13.2 Å². The maximum Gasteiger partial charge on any atom is 0.191 e. The van der Waals surface area contributed by atoms with Crippen molar-refractivity contribution in [2.45, 2.75) is 39.4 Å². The van der Waals surface area contributed by atoms with E-state index >= 15 is 0 Å². The SMILES string of the molecule is CC1=C(C=O)C(C)(C)CC[13C]12OCCO2. The number of carbonyl (C=O) groups excluding carboxylic acids is 1. The molecule has 1 heterocycles. The van der Waals surface area contributed by atoms with E-state index in [2.05, 4.69) is 13.8 Å². The van der Waals surface area contributed by atoms with Gasteiger partial charge in [0, 0.05) is 12.0 Å². The zero-order valence-electron chi connectivity index (χ0n) is 9.63. The molecule has 0 radical (unpaired) electrons. The molecule has 0 aromatic carbocycles. The number of ether oxygens (including phenoxy) is 2. The van der Waals surface area contributed by atoms with Crippen LogP contribution in [0.3, 0.4) is 0 Å². The van der Waals surface area contributed by atoms with Crippen molar-refractivity contribution in [1.82, 2.24) is 0 Å². The topological polar surface area (TPSA) is 35.5 Å². The summed E-state index contributed by atoms with van der Waals surface area (Å²) in [5.74, 6) is -0.592. The van der Waals surface area contributed by atoms with Crippen molar-refractivity contribution >= 4 is 6.29 Å². The predicted octanol–water partition coefficient (Wildman–Crippen LogP) is 2.06. The molecule has 0 unspecified atom stereocenters. The van der Waals surface area contributed by atoms with Gasteiger partial charge in [-0.15, -0.1) is 0 Å². The molecule has 0 aromatic rings. The van der Waals surface area contributed by atoms with Gasteiger partial charge in [-0.3, -0.25) is 4.79 Å². The van der Waals surface area contributed by atoms with Crippen LogP contribution in [0.2, 0.25) is 0 Å². The van der Waals surface area contributed by atoms with Gasteiger partial charge in [0.25, 0.3) is 0 Å². The summed E-state index contributed by atoms with van der Waals surface area (Å²) in [6.07, 6.45) is 2.74. The molecule has 1 aliphatic carbocycles. The number of hydrogen-bond donors (Lipinski definition) is 0. The lowest BCUT2D eigenvalue weighted by atomic mass is 9.76. The van der Waals surface area contributed by atoms with E-state index in [9.17, 15) is 4.79 Å². The second-order valence-electron chi connectivity index (χ2n) is 4.99. The van der Waals surface area contributed by atoms with Gasteiger partial charge in [-0.2, -0.15) is 0 Å². The molecule has 1 saturated heterocycles. The van der Waals surface area contributed by atoms with Crippen LogP contribution in [-0.2, 0) is 14.3 Å². The van der Waals surface area contributed by atoms with Crippen LogP contribution in [-0.4, -0.2) is 25.3 Å². The van der Waals surface area contributed by atoms with Gasteiger partial charge in [0.2, 0.25) is 0 Å². The maximum atomic E-state index is 11.2. The first-order chi connectivity index (χ1) is 7.02. The minimum Gasteiger partial charge on any atom is -0.344 e. The molecule has 1 spiro atoms. The molecule has 3 nitrogen and oxygen atoms in total. The number of allylic oxidation sites excluding steroid dienone is 1. The lowest BCUT2D eigenvalue weighted by Gasteiger charge is -2.40. The highest BCUT2D eigenvalue weighted by Crippen LogP contribution is 2.47. The molecule has 15 heavy (non-hydrogen) atoms. The van der Waals surface area contributed by atoms with Crippen LogP contribution in [0.15, 0.2) is 11.1 Å². The predicted molar refractivity (Wildman–Crippen MR) is 56.4 cm³/mol. The summed E-state index contributed by atoms with van der Waals surface area (Å²) >= 11 is 0. The van der Waals surface area contributed by atoms with Crippen LogP contribution in [0, 0.1) is 5.41 Å². The van der Waals surface area contributed by atoms with Crippen LogP contribution in [0.25, 0.3) is 0 Å². The fourth-order valence-electron chi connectivity index (χ4n) is 2.58. The van der Waals surface area contributed by atoms with Crippen molar-refractivity contribution in [3.63, 3.8) is 0 Å². The maximum absolute atomic E-state index is 11.2. The van der Waals surface area contributed by atoms with E-state index in [-0.39, 0.29) is 5.41 Å². The van der Waals surface area contributed by atoms with Gasteiger partial charge >= 0.3 is 0 Å². The second-order valence-corrected chi connectivity index (χ2v) is 4.99. The number of carbonyl (C=O) groups is 1. The Kier molecular flexibility index (Phi) is 2.47. The molecule has 1 fully saturated rings. The summed E-state index contributed by atoms with van der Waals surface area (Å²) in [7, 11) is 0. The summed E-state index contributed by atoms with van der Waals surface area (Å²) in [6, 6.07) is 0. The summed E-state index contributed by atoms with van der Waals surface area (Å²) in [4.78, 5) is 11.2. The van der Waals surface area contributed by atoms with E-state index in [1.54, 1.807) is 0 Å². The lowest BCUT2D eigenvalue weighted by molar-refractivity contribution is -0.143. The zero-order chi connectivity index (χ0) is 11.1. The summed E-state index contributed by atoms with van der Waals surface area (Å²) in [5, 5.41) is 0. The van der Waals surface area contributed by atoms with Crippen LogP contribution < -0.4 is 0 Å². The summed E-state index contributed by atoms with van der Waals surface area (Å²) in [5.41, 5.74) is 1.76. The average molecular weight is 211 g/mol. The highest BCUT2D eigenvalue weighted by molar-refractivity contribution is 5.77. The van der Waals surface area contributed by atoms with E-state index in [0.717, 1.165) is 30.3 Å². The summed E-state index contributed by atoms with van der Waals surface area (Å²) < 4.78 is 11.4. The quantitative estimate of drug-likeness (QED) is 0.492. The van der Waals surface area contributed by atoms with Gasteiger partial charge in [-0.25, -0.2) is 0 Å². The number of rotatable bonds is 1. The van der Waals surface area contributed by atoms with E-state index in [1.807, 2.05) is 6.92 Å². The largest absolute Gasteiger partial charge is 0.344 e. The van der Waals surface area contributed by atoms with Crippen molar-refractivity contribution in [3.05, 3.63) is 11.1 Å². The minimum atomic E-state index is -0.592. The smallest absolute Gasteiger partial charge is 0.191 e. The van der Waals surface area contributed by atoms with Crippen molar-refractivity contribution in [2.24, 2.45) is 5.41 Å². The average Bonchev–Trinajstić information content (AvgIpc) is 2.63. The van der Waals surface area contributed by atoms with Gasteiger partial charge in [0.05, 0.1) is 13.2 Å². The van der Waals surface area contributed by atoms with Gasteiger partial charge in [0.15, 0.2) is 5.79 Å². The molecular weight excluding hydrogens is 193 g/mol. The van der Waals surface area contributed by atoms with Crippen molar-refractivity contribution in [1.29, 1.82) is 0 Å². The molecule has 3 heteroatoms. The fraction of sp³-hybridized carbons (Fsp3) is 0.750. The monoisotopic (exact) mass is 211 g/mol. The highest BCUT2D eigenvalue weighted by atomic mass is 16.8. The van der Waals surface area contributed by atoms with Crippen LogP contribution >= 0.6 is 0 Å². The van der Waals surface area contributed by atoms with E-state index in [0.29, 0.717) is 13.2 Å². The number of hydrogen-bond acceptors (Lipinski definition) is 3. The highest BCUT2D eigenvalue weighted by Gasteiger charge is 2.46. The molecule has 84 valence electrons. The molecule has 0 amide bonds. The molecule has 2 aliphatic rings. The zero-order valence-corrected chi connectivity index (χ0v) is 9.63. The third-order valence-corrected chi connectivity index (χ3v) is 3.66. The van der Waals surface area contributed by atoms with E-state index in [4.69, 9.17) is 9.47 Å². The first kappa shape index (κ1) is 10.8. The Morgan fingerprint density at radius 3 is 2.33 bits per heavy atom. The van der Waals surface area contributed by atoms with Crippen LogP contribution in [0.1, 0.15) is 33.6 Å². The summed E-state index contributed by atoms with van der Waals surface area (Å²) in [6.45, 7) is 7.41. The molecule has 0 atom stereocenters. The van der Waals surface area contributed by atoms with E-state index in [1.165, 1.54) is 0 Å². The molecular formula is C12H18O3. The first-order valence-electron chi connectivity index (χ1n) is 5.47. The normalized spacial score (nSPS) is 28.5. The van der Waals surface area contributed by atoms with Gasteiger partial charge in [-0.1, -0.05) is 13.8 Å². The Bertz CT molecular complexity index is 309. The molecule has 0 aromatic heterocycles.